The van der Waals surface area contributed by atoms with Crippen LogP contribution in [-0.4, -0.2) is 28.5 Å². The molecule has 3 aromatic rings. The summed E-state index contributed by atoms with van der Waals surface area (Å²) in [5.74, 6) is 0.328. The van der Waals surface area contributed by atoms with Gasteiger partial charge in [0.2, 0.25) is 10.0 Å². The second kappa shape index (κ2) is 9.82. The van der Waals surface area contributed by atoms with Gasteiger partial charge in [-0.1, -0.05) is 23.7 Å². The third-order valence-corrected chi connectivity index (χ3v) is 6.12. The first kappa shape index (κ1) is 22.6. The molecule has 0 fully saturated rings. The number of carbonyl (C=O) groups excluding carboxylic acids is 1. The summed E-state index contributed by atoms with van der Waals surface area (Å²) in [5.41, 5.74) is 1.45. The van der Waals surface area contributed by atoms with Gasteiger partial charge in [-0.25, -0.2) is 13.1 Å². The number of rotatable bonds is 8. The molecule has 0 radical (unpaired) electrons. The molecule has 0 saturated carbocycles. The number of hydrogen-bond acceptors (Lipinski definition) is 5. The lowest BCUT2D eigenvalue weighted by atomic mass is 10.2. The van der Waals surface area contributed by atoms with Crippen LogP contribution < -0.4 is 19.5 Å². The summed E-state index contributed by atoms with van der Waals surface area (Å²) in [6.07, 6.45) is 0. The summed E-state index contributed by atoms with van der Waals surface area (Å²) in [7, 11) is -1.04. The van der Waals surface area contributed by atoms with Crippen LogP contribution >= 0.6 is 11.6 Å². The Hall–Kier alpha value is -3.07. The summed E-state index contributed by atoms with van der Waals surface area (Å²) >= 11 is 5.86. The van der Waals surface area contributed by atoms with Crippen LogP contribution in [0.4, 0.5) is 5.69 Å². The maximum absolute atomic E-state index is 12.9. The number of benzene rings is 3. The molecule has 3 rings (SSSR count). The third kappa shape index (κ3) is 5.75. The highest BCUT2D eigenvalue weighted by molar-refractivity contribution is 7.89. The first-order valence-corrected chi connectivity index (χ1v) is 11.1. The van der Waals surface area contributed by atoms with E-state index in [2.05, 4.69) is 10.0 Å². The highest BCUT2D eigenvalue weighted by Crippen LogP contribution is 2.26. The van der Waals surface area contributed by atoms with Crippen LogP contribution in [0.5, 0.6) is 11.5 Å². The van der Waals surface area contributed by atoms with Crippen molar-refractivity contribution in [1.82, 2.24) is 4.72 Å². The zero-order chi connectivity index (χ0) is 22.4. The van der Waals surface area contributed by atoms with Crippen molar-refractivity contribution in [2.24, 2.45) is 0 Å². The van der Waals surface area contributed by atoms with Crippen LogP contribution in [0.2, 0.25) is 5.02 Å². The van der Waals surface area contributed by atoms with E-state index in [1.54, 1.807) is 55.6 Å². The molecular formula is C22H21ClN2O5S. The largest absolute Gasteiger partial charge is 0.497 e. The van der Waals surface area contributed by atoms with Gasteiger partial charge >= 0.3 is 0 Å². The van der Waals surface area contributed by atoms with Gasteiger partial charge in [-0.2, -0.15) is 0 Å². The molecule has 1 amide bonds. The van der Waals surface area contributed by atoms with E-state index in [9.17, 15) is 13.2 Å². The van der Waals surface area contributed by atoms with Crippen molar-refractivity contribution in [2.75, 3.05) is 19.5 Å². The number of amides is 1. The van der Waals surface area contributed by atoms with Crippen molar-refractivity contribution in [3.63, 3.8) is 0 Å². The normalized spacial score (nSPS) is 11.1. The highest BCUT2D eigenvalue weighted by atomic mass is 35.5. The van der Waals surface area contributed by atoms with E-state index in [0.717, 1.165) is 5.56 Å². The second-order valence-corrected chi connectivity index (χ2v) is 8.67. The van der Waals surface area contributed by atoms with Gasteiger partial charge in [0, 0.05) is 22.8 Å². The Morgan fingerprint density at radius 1 is 0.935 bits per heavy atom. The molecule has 162 valence electrons. The minimum Gasteiger partial charge on any atom is -0.497 e. The average molecular weight is 461 g/mol. The van der Waals surface area contributed by atoms with E-state index < -0.39 is 15.9 Å². The summed E-state index contributed by atoms with van der Waals surface area (Å²) in [6.45, 7) is 0.0604. The van der Waals surface area contributed by atoms with Crippen molar-refractivity contribution in [2.45, 2.75) is 11.4 Å². The number of hydrogen-bond donors (Lipinski definition) is 2. The van der Waals surface area contributed by atoms with Gasteiger partial charge in [0.1, 0.15) is 16.4 Å². The fraction of sp³-hybridized carbons (Fsp3) is 0.136. The molecular weight excluding hydrogens is 440 g/mol. The maximum Gasteiger partial charge on any atom is 0.255 e. The van der Waals surface area contributed by atoms with Gasteiger partial charge in [-0.3, -0.25) is 4.79 Å². The number of sulfonamides is 1. The van der Waals surface area contributed by atoms with Crippen LogP contribution in [-0.2, 0) is 16.6 Å². The van der Waals surface area contributed by atoms with Gasteiger partial charge in [-0.05, 0) is 60.2 Å². The van der Waals surface area contributed by atoms with E-state index in [1.807, 2.05) is 0 Å². The standard InChI is InChI=1S/C22H21ClN2O5S/c1-29-19-10-8-18(9-11-19)25-22(26)16-5-12-20(30-2)21(13-16)31(27,28)24-14-15-3-6-17(23)7-4-15/h3-13,24H,14H2,1-2H3,(H,25,26). The van der Waals surface area contributed by atoms with E-state index in [0.29, 0.717) is 16.5 Å². The number of ether oxygens (including phenoxy) is 2. The number of methoxy groups -OCH3 is 2. The van der Waals surface area contributed by atoms with Crippen LogP contribution in [0, 0.1) is 0 Å². The summed E-state index contributed by atoms with van der Waals surface area (Å²) in [5, 5.41) is 3.28. The molecule has 7 nitrogen and oxygen atoms in total. The Morgan fingerprint density at radius 2 is 1.61 bits per heavy atom. The Morgan fingerprint density at radius 3 is 2.23 bits per heavy atom. The topological polar surface area (TPSA) is 93.7 Å². The molecule has 0 saturated heterocycles. The minimum atomic E-state index is -3.95. The van der Waals surface area contributed by atoms with Crippen molar-refractivity contribution in [1.29, 1.82) is 0 Å². The van der Waals surface area contributed by atoms with Gasteiger partial charge < -0.3 is 14.8 Å². The van der Waals surface area contributed by atoms with Crippen LogP contribution in [0.1, 0.15) is 15.9 Å². The van der Waals surface area contributed by atoms with Gasteiger partial charge in [-0.15, -0.1) is 0 Å². The van der Waals surface area contributed by atoms with Gasteiger partial charge in [0.15, 0.2) is 0 Å². The van der Waals surface area contributed by atoms with Crippen molar-refractivity contribution >= 4 is 33.2 Å². The molecule has 3 aromatic carbocycles. The maximum atomic E-state index is 12.9. The lowest BCUT2D eigenvalue weighted by Gasteiger charge is -2.13. The van der Waals surface area contributed by atoms with E-state index in [1.165, 1.54) is 25.3 Å². The Balaban J connectivity index is 1.81. The zero-order valence-electron chi connectivity index (χ0n) is 16.9. The summed E-state index contributed by atoms with van der Waals surface area (Å²) in [4.78, 5) is 12.5. The monoisotopic (exact) mass is 460 g/mol. The van der Waals surface area contributed by atoms with E-state index in [4.69, 9.17) is 21.1 Å². The van der Waals surface area contributed by atoms with E-state index >= 15 is 0 Å². The summed E-state index contributed by atoms with van der Waals surface area (Å²) in [6, 6.07) is 17.8. The quantitative estimate of drug-likeness (QED) is 0.528. The fourth-order valence-electron chi connectivity index (χ4n) is 2.76. The first-order chi connectivity index (χ1) is 14.8. The van der Waals surface area contributed by atoms with E-state index in [-0.39, 0.29) is 22.8 Å². The first-order valence-electron chi connectivity index (χ1n) is 9.20. The molecule has 0 aliphatic carbocycles. The highest BCUT2D eigenvalue weighted by Gasteiger charge is 2.21. The third-order valence-electron chi connectivity index (χ3n) is 4.44. The minimum absolute atomic E-state index is 0.0604. The van der Waals surface area contributed by atoms with Gasteiger partial charge in [0.25, 0.3) is 5.91 Å². The Kier molecular flexibility index (Phi) is 7.17. The Bertz CT molecular complexity index is 1160. The van der Waals surface area contributed by atoms with Crippen LogP contribution in [0.3, 0.4) is 0 Å². The number of carbonyl (C=O) groups is 1. The number of nitrogens with one attached hydrogen (secondary N) is 2. The van der Waals surface area contributed by atoms with Gasteiger partial charge in [0.05, 0.1) is 14.2 Å². The van der Waals surface area contributed by atoms with Crippen LogP contribution in [0.15, 0.2) is 71.6 Å². The lowest BCUT2D eigenvalue weighted by Crippen LogP contribution is -2.24. The zero-order valence-corrected chi connectivity index (χ0v) is 18.5. The number of anilines is 1. The Labute approximate surface area is 186 Å². The van der Waals surface area contributed by atoms with Crippen molar-refractivity contribution in [3.05, 3.63) is 82.9 Å². The molecule has 0 aliphatic heterocycles. The lowest BCUT2D eigenvalue weighted by molar-refractivity contribution is 0.102. The molecule has 0 unspecified atom stereocenters. The molecule has 2 N–H and O–H groups in total. The molecule has 0 heterocycles. The predicted molar refractivity (Wildman–Crippen MR) is 119 cm³/mol. The average Bonchev–Trinajstić information content (AvgIpc) is 2.78. The molecule has 0 atom stereocenters. The molecule has 9 heteroatoms. The second-order valence-electron chi connectivity index (χ2n) is 6.50. The number of halogens is 1. The fourth-order valence-corrected chi connectivity index (χ4v) is 4.10. The van der Waals surface area contributed by atoms with Crippen molar-refractivity contribution < 1.29 is 22.7 Å². The molecule has 0 spiro atoms. The molecule has 0 bridgehead atoms. The molecule has 0 aromatic heterocycles. The molecule has 31 heavy (non-hydrogen) atoms. The molecule has 0 aliphatic rings. The predicted octanol–water partition coefficient (Wildman–Crippen LogP) is 4.09. The van der Waals surface area contributed by atoms with Crippen LogP contribution in [0.25, 0.3) is 0 Å². The smallest absolute Gasteiger partial charge is 0.255 e. The SMILES string of the molecule is COc1ccc(NC(=O)c2ccc(OC)c(S(=O)(=O)NCc3ccc(Cl)cc3)c2)cc1. The summed E-state index contributed by atoms with van der Waals surface area (Å²) < 4.78 is 38.6. The van der Waals surface area contributed by atoms with Crippen molar-refractivity contribution in [3.8, 4) is 11.5 Å².